The third kappa shape index (κ3) is 2.17. The fraction of sp³-hybridized carbons (Fsp3) is 0.250. The van der Waals surface area contributed by atoms with Crippen LogP contribution in [0.1, 0.15) is 24.5 Å². The molecule has 6 nitrogen and oxygen atoms in total. The van der Waals surface area contributed by atoms with Crippen molar-refractivity contribution in [2.24, 2.45) is 0 Å². The summed E-state index contributed by atoms with van der Waals surface area (Å²) in [7, 11) is 0. The molecule has 2 aromatic rings. The molecule has 2 heterocycles. The summed E-state index contributed by atoms with van der Waals surface area (Å²) in [5, 5.41) is 9.50. The van der Waals surface area contributed by atoms with E-state index in [4.69, 9.17) is 4.42 Å². The van der Waals surface area contributed by atoms with Gasteiger partial charge < -0.3 is 9.73 Å². The first-order valence-electron chi connectivity index (χ1n) is 5.70. The molecule has 2 aromatic heterocycles. The molecule has 0 amide bonds. The number of allylic oxidation sites excluding steroid dienone is 2. The molecule has 0 spiro atoms. The summed E-state index contributed by atoms with van der Waals surface area (Å²) < 4.78 is 5.36. The molecule has 3 rings (SSSR count). The van der Waals surface area contributed by atoms with Gasteiger partial charge in [0, 0.05) is 24.1 Å². The third-order valence-electron chi connectivity index (χ3n) is 2.89. The predicted molar refractivity (Wildman–Crippen MR) is 63.8 cm³/mol. The molecule has 0 aromatic carbocycles. The highest BCUT2D eigenvalue weighted by atomic mass is 16.3. The first-order valence-corrected chi connectivity index (χ1v) is 5.70. The van der Waals surface area contributed by atoms with E-state index >= 15 is 0 Å². The lowest BCUT2D eigenvalue weighted by Crippen LogP contribution is -2.16. The highest BCUT2D eigenvalue weighted by Crippen LogP contribution is 2.31. The Morgan fingerprint density at radius 2 is 2.39 bits per heavy atom. The number of rotatable bonds is 3. The monoisotopic (exact) mass is 244 g/mol. The van der Waals surface area contributed by atoms with Crippen LogP contribution in [-0.4, -0.2) is 21.0 Å². The van der Waals surface area contributed by atoms with E-state index in [-0.39, 0.29) is 11.7 Å². The Morgan fingerprint density at radius 1 is 1.44 bits per heavy atom. The second-order valence-electron chi connectivity index (χ2n) is 4.22. The Labute approximate surface area is 103 Å². The number of ketones is 1. The topological polar surface area (TPSA) is 83.8 Å². The van der Waals surface area contributed by atoms with Crippen LogP contribution in [0.3, 0.4) is 0 Å². The molecule has 0 radical (unpaired) electrons. The molecule has 0 bridgehead atoms. The minimum absolute atomic E-state index is 0.0860. The lowest BCUT2D eigenvalue weighted by Gasteiger charge is -2.20. The van der Waals surface area contributed by atoms with Gasteiger partial charge in [0.25, 0.3) is 0 Å². The fourth-order valence-corrected chi connectivity index (χ4v) is 2.12. The molecule has 2 N–H and O–H groups in total. The van der Waals surface area contributed by atoms with Gasteiger partial charge in [-0.05, 0) is 18.6 Å². The van der Waals surface area contributed by atoms with Crippen molar-refractivity contribution in [1.29, 1.82) is 0 Å². The Kier molecular flexibility index (Phi) is 2.68. The van der Waals surface area contributed by atoms with Crippen molar-refractivity contribution in [3.63, 3.8) is 0 Å². The van der Waals surface area contributed by atoms with Gasteiger partial charge in [-0.25, -0.2) is 5.10 Å². The number of aromatic nitrogens is 3. The Morgan fingerprint density at radius 3 is 3.11 bits per heavy atom. The zero-order chi connectivity index (χ0) is 12.4. The van der Waals surface area contributed by atoms with Gasteiger partial charge in [-0.2, -0.15) is 10.1 Å². The van der Waals surface area contributed by atoms with Crippen molar-refractivity contribution >= 4 is 11.7 Å². The average Bonchev–Trinajstić information content (AvgIpc) is 3.00. The zero-order valence-electron chi connectivity index (χ0n) is 9.59. The number of H-pyrrole nitrogens is 1. The molecule has 6 heteroatoms. The van der Waals surface area contributed by atoms with Gasteiger partial charge in [-0.15, -0.1) is 0 Å². The van der Waals surface area contributed by atoms with Crippen LogP contribution in [0.25, 0.3) is 0 Å². The van der Waals surface area contributed by atoms with Gasteiger partial charge in [0.15, 0.2) is 5.78 Å². The maximum Gasteiger partial charge on any atom is 0.222 e. The molecule has 0 saturated carbocycles. The van der Waals surface area contributed by atoms with Gasteiger partial charge in [-0.1, -0.05) is 0 Å². The SMILES string of the molecule is O=C1C=C(Nc2ncn[nH]2)CC(c2ccco2)C1. The number of hydrogen-bond acceptors (Lipinski definition) is 5. The number of nitrogens with zero attached hydrogens (tertiary/aromatic N) is 2. The van der Waals surface area contributed by atoms with Crippen LogP contribution in [0.4, 0.5) is 5.95 Å². The van der Waals surface area contributed by atoms with Crippen molar-refractivity contribution in [1.82, 2.24) is 15.2 Å². The molecule has 1 atom stereocenters. The maximum atomic E-state index is 11.7. The number of anilines is 1. The number of nitrogens with one attached hydrogen (secondary N) is 2. The van der Waals surface area contributed by atoms with E-state index in [0.29, 0.717) is 12.4 Å². The smallest absolute Gasteiger partial charge is 0.222 e. The lowest BCUT2D eigenvalue weighted by atomic mass is 9.89. The van der Waals surface area contributed by atoms with Gasteiger partial charge in [0.2, 0.25) is 5.95 Å². The van der Waals surface area contributed by atoms with Crippen LogP contribution in [-0.2, 0) is 4.79 Å². The van der Waals surface area contributed by atoms with Crippen LogP contribution in [0.5, 0.6) is 0 Å². The van der Waals surface area contributed by atoms with Crippen molar-refractivity contribution < 1.29 is 9.21 Å². The number of carbonyl (C=O) groups excluding carboxylic acids is 1. The molecule has 1 aliphatic carbocycles. The quantitative estimate of drug-likeness (QED) is 0.860. The van der Waals surface area contributed by atoms with E-state index in [2.05, 4.69) is 20.5 Å². The minimum Gasteiger partial charge on any atom is -0.469 e. The number of carbonyl (C=O) groups is 1. The summed E-state index contributed by atoms with van der Waals surface area (Å²) in [6.45, 7) is 0. The molecule has 0 aliphatic heterocycles. The first kappa shape index (κ1) is 10.8. The molecular weight excluding hydrogens is 232 g/mol. The maximum absolute atomic E-state index is 11.7. The van der Waals surface area contributed by atoms with Crippen LogP contribution < -0.4 is 5.32 Å². The standard InChI is InChI=1S/C12H12N4O2/c17-10-5-8(11-2-1-3-18-11)4-9(6-10)15-12-13-7-14-16-12/h1-3,6-8H,4-5H2,(H2,13,14,15,16). The second-order valence-corrected chi connectivity index (χ2v) is 4.22. The van der Waals surface area contributed by atoms with E-state index in [1.807, 2.05) is 12.1 Å². The Bertz CT molecular complexity index is 557. The predicted octanol–water partition coefficient (Wildman–Crippen LogP) is 1.84. The van der Waals surface area contributed by atoms with Crippen molar-refractivity contribution in [3.8, 4) is 0 Å². The molecule has 0 saturated heterocycles. The van der Waals surface area contributed by atoms with Gasteiger partial charge >= 0.3 is 0 Å². The van der Waals surface area contributed by atoms with Crippen LogP contribution in [0, 0.1) is 0 Å². The van der Waals surface area contributed by atoms with Crippen LogP contribution >= 0.6 is 0 Å². The van der Waals surface area contributed by atoms with Crippen LogP contribution in [0.15, 0.2) is 40.9 Å². The third-order valence-corrected chi connectivity index (χ3v) is 2.89. The molecule has 1 aliphatic rings. The van der Waals surface area contributed by atoms with E-state index in [9.17, 15) is 4.79 Å². The zero-order valence-corrected chi connectivity index (χ0v) is 9.59. The number of furan rings is 1. The summed E-state index contributed by atoms with van der Waals surface area (Å²) in [5.41, 5.74) is 0.824. The summed E-state index contributed by atoms with van der Waals surface area (Å²) in [5.74, 6) is 1.55. The highest BCUT2D eigenvalue weighted by Gasteiger charge is 2.24. The normalized spacial score (nSPS) is 19.7. The van der Waals surface area contributed by atoms with E-state index in [0.717, 1.165) is 17.9 Å². The lowest BCUT2D eigenvalue weighted by molar-refractivity contribution is -0.115. The number of aromatic amines is 1. The summed E-state index contributed by atoms with van der Waals surface area (Å²) in [6, 6.07) is 3.73. The minimum atomic E-state index is 0.0860. The molecule has 92 valence electrons. The van der Waals surface area contributed by atoms with E-state index in [1.165, 1.54) is 6.33 Å². The summed E-state index contributed by atoms with van der Waals surface area (Å²) in [4.78, 5) is 15.7. The van der Waals surface area contributed by atoms with E-state index in [1.54, 1.807) is 12.3 Å². The van der Waals surface area contributed by atoms with Crippen molar-refractivity contribution in [3.05, 3.63) is 42.3 Å². The summed E-state index contributed by atoms with van der Waals surface area (Å²) >= 11 is 0. The number of hydrogen-bond donors (Lipinski definition) is 2. The van der Waals surface area contributed by atoms with E-state index < -0.39 is 0 Å². The largest absolute Gasteiger partial charge is 0.469 e. The van der Waals surface area contributed by atoms with Gasteiger partial charge in [0.05, 0.1) is 6.26 Å². The highest BCUT2D eigenvalue weighted by molar-refractivity contribution is 5.92. The Hall–Kier alpha value is -2.37. The van der Waals surface area contributed by atoms with Gasteiger partial charge in [-0.3, -0.25) is 4.79 Å². The summed E-state index contributed by atoms with van der Waals surface area (Å²) in [6.07, 6.45) is 5.86. The first-order chi connectivity index (χ1) is 8.81. The average molecular weight is 244 g/mol. The van der Waals surface area contributed by atoms with Crippen molar-refractivity contribution in [2.75, 3.05) is 5.32 Å². The fourth-order valence-electron chi connectivity index (χ4n) is 2.12. The van der Waals surface area contributed by atoms with Crippen LogP contribution in [0.2, 0.25) is 0 Å². The second kappa shape index (κ2) is 4.48. The molecule has 1 unspecified atom stereocenters. The molecular formula is C12H12N4O2. The van der Waals surface area contributed by atoms with Gasteiger partial charge in [0.1, 0.15) is 12.1 Å². The molecule has 18 heavy (non-hydrogen) atoms. The molecule has 0 fully saturated rings. The Balaban J connectivity index is 1.77. The van der Waals surface area contributed by atoms with Crippen molar-refractivity contribution in [2.45, 2.75) is 18.8 Å².